The topological polar surface area (TPSA) is 80.0 Å². The van der Waals surface area contributed by atoms with Gasteiger partial charge in [-0.15, -0.1) is 0 Å². The number of hydrogen-bond donors (Lipinski definition) is 2. The lowest BCUT2D eigenvalue weighted by Gasteiger charge is -2.13. The zero-order valence-corrected chi connectivity index (χ0v) is 14.1. The number of anilines is 1. The Hall–Kier alpha value is -2.37. The summed E-state index contributed by atoms with van der Waals surface area (Å²) in [6.45, 7) is 8.45. The summed E-state index contributed by atoms with van der Waals surface area (Å²) < 4.78 is 5.15. The molecule has 1 amide bonds. The Kier molecular flexibility index (Phi) is 5.73. The Morgan fingerprint density at radius 1 is 1.35 bits per heavy atom. The lowest BCUT2D eigenvalue weighted by atomic mass is 10.1. The molecule has 0 saturated carbocycles. The number of rotatable bonds is 7. The fourth-order valence-electron chi connectivity index (χ4n) is 2.09. The highest BCUT2D eigenvalue weighted by Gasteiger charge is 2.11. The first-order valence-electron chi connectivity index (χ1n) is 8.00. The van der Waals surface area contributed by atoms with Gasteiger partial charge in [-0.25, -0.2) is 0 Å². The van der Waals surface area contributed by atoms with E-state index in [1.54, 1.807) is 0 Å². The fraction of sp³-hybridized carbons (Fsp3) is 0.471. The van der Waals surface area contributed by atoms with E-state index in [1.807, 2.05) is 45.9 Å². The molecule has 0 unspecified atom stereocenters. The monoisotopic (exact) mass is 316 g/mol. The molecule has 0 radical (unpaired) electrons. The minimum Gasteiger partial charge on any atom is -0.376 e. The molecule has 6 heteroatoms. The van der Waals surface area contributed by atoms with Crippen molar-refractivity contribution in [2.24, 2.45) is 0 Å². The molecule has 1 aromatic carbocycles. The lowest BCUT2D eigenvalue weighted by Crippen LogP contribution is -2.31. The normalized spacial score (nSPS) is 12.0. The van der Waals surface area contributed by atoms with Crippen molar-refractivity contribution in [3.05, 3.63) is 41.0 Å². The van der Waals surface area contributed by atoms with Crippen LogP contribution in [-0.2, 0) is 13.0 Å². The number of benzene rings is 1. The highest BCUT2D eigenvalue weighted by molar-refractivity contribution is 5.95. The maximum Gasteiger partial charge on any atom is 0.251 e. The minimum absolute atomic E-state index is 0.0431. The van der Waals surface area contributed by atoms with Crippen molar-refractivity contribution >= 4 is 11.6 Å². The van der Waals surface area contributed by atoms with Crippen LogP contribution in [0.2, 0.25) is 0 Å². The molecule has 0 spiro atoms. The molecule has 0 saturated heterocycles. The average molecular weight is 316 g/mol. The van der Waals surface area contributed by atoms with Gasteiger partial charge in [-0.05, 0) is 44.0 Å². The Morgan fingerprint density at radius 2 is 2.13 bits per heavy atom. The molecule has 0 bridgehead atoms. The van der Waals surface area contributed by atoms with Crippen molar-refractivity contribution in [2.45, 2.75) is 53.1 Å². The van der Waals surface area contributed by atoms with Gasteiger partial charge in [0.05, 0.1) is 6.54 Å². The number of carbonyl (C=O) groups excluding carboxylic acids is 1. The molecule has 2 aromatic rings. The van der Waals surface area contributed by atoms with Gasteiger partial charge < -0.3 is 15.2 Å². The van der Waals surface area contributed by atoms with E-state index in [1.165, 1.54) is 0 Å². The molecule has 1 aromatic heterocycles. The fourth-order valence-corrected chi connectivity index (χ4v) is 2.09. The van der Waals surface area contributed by atoms with Crippen LogP contribution >= 0.6 is 0 Å². The van der Waals surface area contributed by atoms with E-state index in [0.29, 0.717) is 23.8 Å². The van der Waals surface area contributed by atoms with Gasteiger partial charge >= 0.3 is 0 Å². The van der Waals surface area contributed by atoms with Gasteiger partial charge in [-0.3, -0.25) is 4.79 Å². The molecule has 2 N–H and O–H groups in total. The van der Waals surface area contributed by atoms with E-state index in [-0.39, 0.29) is 11.9 Å². The molecular weight excluding hydrogens is 292 g/mol. The first-order valence-corrected chi connectivity index (χ1v) is 8.00. The maximum atomic E-state index is 12.1. The molecule has 1 atom stereocenters. The lowest BCUT2D eigenvalue weighted by molar-refractivity contribution is 0.0939. The third kappa shape index (κ3) is 4.55. The van der Waals surface area contributed by atoms with Gasteiger partial charge in [-0.1, -0.05) is 19.0 Å². The number of amides is 1. The molecule has 6 nitrogen and oxygen atoms in total. The van der Waals surface area contributed by atoms with Crippen LogP contribution in [-0.4, -0.2) is 22.1 Å². The quantitative estimate of drug-likeness (QED) is 0.820. The summed E-state index contributed by atoms with van der Waals surface area (Å²) in [6, 6.07) is 5.77. The Balaban J connectivity index is 2.00. The predicted molar refractivity (Wildman–Crippen MR) is 89.4 cm³/mol. The van der Waals surface area contributed by atoms with Crippen molar-refractivity contribution in [1.29, 1.82) is 0 Å². The van der Waals surface area contributed by atoms with E-state index in [2.05, 4.69) is 20.8 Å². The number of nitrogens with one attached hydrogen (secondary N) is 2. The highest BCUT2D eigenvalue weighted by Crippen LogP contribution is 2.17. The Morgan fingerprint density at radius 3 is 2.74 bits per heavy atom. The molecule has 0 aliphatic carbocycles. The Bertz CT molecular complexity index is 666. The van der Waals surface area contributed by atoms with Crippen molar-refractivity contribution in [3.63, 3.8) is 0 Å². The largest absolute Gasteiger partial charge is 0.376 e. The number of aromatic nitrogens is 2. The molecule has 2 rings (SSSR count). The molecule has 0 aliphatic heterocycles. The summed E-state index contributed by atoms with van der Waals surface area (Å²) in [7, 11) is 0. The first kappa shape index (κ1) is 17.0. The molecule has 1 heterocycles. The molecular formula is C17H24N4O2. The second-order valence-corrected chi connectivity index (χ2v) is 5.62. The molecule has 0 fully saturated rings. The molecule has 124 valence electrons. The highest BCUT2D eigenvalue weighted by atomic mass is 16.5. The standard InChI is InChI=1S/C17H24N4O2/c1-5-12(4)19-17(22)13-7-8-14(11(3)9-13)18-10-16-20-15(6-2)21-23-16/h7-9,12,18H,5-6,10H2,1-4H3,(H,19,22)/t12-/m1/s1. The smallest absolute Gasteiger partial charge is 0.251 e. The second kappa shape index (κ2) is 7.76. The Labute approximate surface area is 136 Å². The van der Waals surface area contributed by atoms with Crippen LogP contribution < -0.4 is 10.6 Å². The summed E-state index contributed by atoms with van der Waals surface area (Å²) >= 11 is 0. The van der Waals surface area contributed by atoms with Gasteiger partial charge in [0.15, 0.2) is 5.82 Å². The van der Waals surface area contributed by atoms with Gasteiger partial charge in [0, 0.05) is 23.7 Å². The first-order chi connectivity index (χ1) is 11.0. The number of aryl methyl sites for hydroxylation is 2. The molecule has 23 heavy (non-hydrogen) atoms. The van der Waals surface area contributed by atoms with E-state index < -0.39 is 0 Å². The van der Waals surface area contributed by atoms with E-state index in [9.17, 15) is 4.79 Å². The summed E-state index contributed by atoms with van der Waals surface area (Å²) in [5, 5.41) is 10.1. The van der Waals surface area contributed by atoms with Gasteiger partial charge in [0.25, 0.3) is 5.91 Å². The van der Waals surface area contributed by atoms with Crippen LogP contribution in [0.3, 0.4) is 0 Å². The summed E-state index contributed by atoms with van der Waals surface area (Å²) in [5.41, 5.74) is 2.61. The van der Waals surface area contributed by atoms with Crippen LogP contribution in [0.15, 0.2) is 22.7 Å². The van der Waals surface area contributed by atoms with Crippen LogP contribution in [0.1, 0.15) is 54.8 Å². The van der Waals surface area contributed by atoms with Crippen molar-refractivity contribution in [1.82, 2.24) is 15.5 Å². The summed E-state index contributed by atoms with van der Waals surface area (Å²) in [5.74, 6) is 1.22. The van der Waals surface area contributed by atoms with Crippen molar-refractivity contribution in [2.75, 3.05) is 5.32 Å². The van der Waals surface area contributed by atoms with Gasteiger partial charge in [0.2, 0.25) is 5.89 Å². The summed E-state index contributed by atoms with van der Waals surface area (Å²) in [6.07, 6.45) is 1.66. The zero-order valence-electron chi connectivity index (χ0n) is 14.1. The average Bonchev–Trinajstić information content (AvgIpc) is 3.01. The van der Waals surface area contributed by atoms with Crippen LogP contribution in [0.5, 0.6) is 0 Å². The van der Waals surface area contributed by atoms with Crippen LogP contribution in [0.4, 0.5) is 5.69 Å². The molecule has 0 aliphatic rings. The van der Waals surface area contributed by atoms with E-state index >= 15 is 0 Å². The van der Waals surface area contributed by atoms with Crippen molar-refractivity contribution in [3.8, 4) is 0 Å². The number of carbonyl (C=O) groups is 1. The zero-order chi connectivity index (χ0) is 16.8. The van der Waals surface area contributed by atoms with Crippen molar-refractivity contribution < 1.29 is 9.32 Å². The third-order valence-electron chi connectivity index (χ3n) is 3.73. The van der Waals surface area contributed by atoms with Gasteiger partial charge in [0.1, 0.15) is 0 Å². The SMILES string of the molecule is CCc1noc(CNc2ccc(C(=O)N[C@H](C)CC)cc2C)n1. The van der Waals surface area contributed by atoms with Gasteiger partial charge in [-0.2, -0.15) is 4.98 Å². The van der Waals surface area contributed by atoms with E-state index in [4.69, 9.17) is 4.52 Å². The minimum atomic E-state index is -0.0431. The van der Waals surface area contributed by atoms with Crippen LogP contribution in [0, 0.1) is 6.92 Å². The number of nitrogens with zero attached hydrogens (tertiary/aromatic N) is 2. The second-order valence-electron chi connectivity index (χ2n) is 5.62. The summed E-state index contributed by atoms with van der Waals surface area (Å²) in [4.78, 5) is 16.4. The van der Waals surface area contributed by atoms with E-state index in [0.717, 1.165) is 24.1 Å². The number of hydrogen-bond acceptors (Lipinski definition) is 5. The predicted octanol–water partition coefficient (Wildman–Crippen LogP) is 3.08. The van der Waals surface area contributed by atoms with Crippen LogP contribution in [0.25, 0.3) is 0 Å². The third-order valence-corrected chi connectivity index (χ3v) is 3.73. The maximum absolute atomic E-state index is 12.1.